The molecule has 2 aliphatic heterocycles. The van der Waals surface area contributed by atoms with Gasteiger partial charge in [-0.25, -0.2) is 0 Å². The van der Waals surface area contributed by atoms with Crippen molar-refractivity contribution in [2.45, 2.75) is 174 Å². The van der Waals surface area contributed by atoms with Gasteiger partial charge in [0.05, 0.1) is 0 Å². The molecule has 0 unspecified atom stereocenters. The fourth-order valence-electron chi connectivity index (χ4n) is 9.97. The van der Waals surface area contributed by atoms with Crippen molar-refractivity contribution in [1.29, 1.82) is 0 Å². The minimum absolute atomic E-state index is 0.00479. The van der Waals surface area contributed by atoms with Crippen molar-refractivity contribution >= 4 is 59.1 Å². The molecule has 0 bridgehead atoms. The van der Waals surface area contributed by atoms with Crippen molar-refractivity contribution in [3.05, 3.63) is 71.8 Å². The number of carbonyl (C=O) groups excluding carboxylic acids is 10. The van der Waals surface area contributed by atoms with Crippen LogP contribution in [0.25, 0.3) is 0 Å². The third-order valence-corrected chi connectivity index (χ3v) is 15.2. The van der Waals surface area contributed by atoms with E-state index in [0.29, 0.717) is 24.8 Å². The summed E-state index contributed by atoms with van der Waals surface area (Å²) in [6.45, 7) is 14.0. The Hall–Kier alpha value is -6.94. The van der Waals surface area contributed by atoms with Gasteiger partial charge in [-0.15, -0.1) is 0 Å². The van der Waals surface area contributed by atoms with Gasteiger partial charge in [-0.2, -0.15) is 0 Å². The first-order valence-corrected chi connectivity index (χ1v) is 28.2. The van der Waals surface area contributed by atoms with E-state index in [0.717, 1.165) is 10.5 Å². The van der Waals surface area contributed by atoms with Gasteiger partial charge in [-0.3, -0.25) is 47.9 Å². The maximum absolute atomic E-state index is 15.0. The molecule has 0 spiro atoms. The Morgan fingerprint density at radius 2 is 0.938 bits per heavy atom. The van der Waals surface area contributed by atoms with Crippen LogP contribution in [0, 0.1) is 17.8 Å². The van der Waals surface area contributed by atoms with Crippen LogP contribution in [0.3, 0.4) is 0 Å². The van der Waals surface area contributed by atoms with E-state index in [1.807, 2.05) is 32.0 Å². The number of likely N-dealkylation sites (N-methyl/N-ethyl adjacent to an activating group) is 3. The molecule has 2 aromatic rings. The minimum atomic E-state index is -1.26. The maximum Gasteiger partial charge on any atom is 0.246 e. The van der Waals surface area contributed by atoms with Crippen LogP contribution < -0.4 is 43.4 Å². The molecule has 22 nitrogen and oxygen atoms in total. The SMILES string of the molecule is CC(C)C[C@@H]1NC(=O)[C@H](CCCN)NC(=O)[C@H](C(C)C)NC(=O)[C@@H]2CCCN2C(=O)[C@@H](Cc2ccccc2)N(C)C(=O)[C@H](C)N(C)C(=O)[C@H](CCCN)NC(=O)[C@H](C(C)C)NC(=O)[C@H](C)N(C)C(=O)[C@@H](Cc2ccccc2)NC1=O. The van der Waals surface area contributed by atoms with Crippen LogP contribution in [0.5, 0.6) is 0 Å². The summed E-state index contributed by atoms with van der Waals surface area (Å²) in [4.78, 5) is 150. The van der Waals surface area contributed by atoms with Crippen molar-refractivity contribution in [1.82, 2.24) is 51.5 Å². The highest BCUT2D eigenvalue weighted by Gasteiger charge is 2.43. The minimum Gasteiger partial charge on any atom is -0.343 e. The lowest BCUT2D eigenvalue weighted by Gasteiger charge is -2.37. The number of nitrogens with one attached hydrogen (secondary N) is 6. The van der Waals surface area contributed by atoms with Crippen LogP contribution in [0.2, 0.25) is 0 Å². The molecular formula is C58H90N12O10. The second-order valence-electron chi connectivity index (χ2n) is 22.5. The molecule has 2 aromatic carbocycles. The lowest BCUT2D eigenvalue weighted by atomic mass is 9.99. The molecule has 10 atom stereocenters. The third-order valence-electron chi connectivity index (χ3n) is 15.2. The van der Waals surface area contributed by atoms with Crippen LogP contribution in [-0.4, -0.2) is 180 Å². The van der Waals surface area contributed by atoms with Gasteiger partial charge < -0.3 is 63.0 Å². The molecule has 10 amide bonds. The highest BCUT2D eigenvalue weighted by molar-refractivity contribution is 5.99. The van der Waals surface area contributed by atoms with E-state index in [1.165, 1.54) is 49.7 Å². The summed E-state index contributed by atoms with van der Waals surface area (Å²) in [5, 5.41) is 16.9. The standard InChI is InChI=1S/C58H90N12O10/c1-34(2)31-43-51(73)64-44(32-39-21-14-12-15-22-39)57(79)67(9)37(7)49(71)65-47(35(3)4)54(76)62-42(26-19-29-60)56(78)68(10)38(8)55(77)69(11)46(33-40-23-16-13-17-24-40)58(80)70-30-20-27-45(70)52(74)66-48(36(5)6)53(75)61-41(25-18-28-59)50(72)63-43/h12-17,21-24,34-38,41-48H,18-20,25-33,59-60H2,1-11H3,(H,61,75)(H,62,76)(H,63,72)(H,64,73)(H,65,71)(H,66,74)/t37-,38-,41-,42-,43-,44+,45-,46+,47-,48-/m0/s1. The van der Waals surface area contributed by atoms with E-state index in [9.17, 15) is 47.9 Å². The fraction of sp³-hybridized carbons (Fsp3) is 0.621. The van der Waals surface area contributed by atoms with E-state index in [2.05, 4.69) is 31.9 Å². The Morgan fingerprint density at radius 3 is 1.46 bits per heavy atom. The van der Waals surface area contributed by atoms with Gasteiger partial charge in [-0.1, -0.05) is 102 Å². The van der Waals surface area contributed by atoms with Gasteiger partial charge in [0.25, 0.3) is 0 Å². The second-order valence-corrected chi connectivity index (χ2v) is 22.5. The van der Waals surface area contributed by atoms with Crippen molar-refractivity contribution < 1.29 is 47.9 Å². The zero-order chi connectivity index (χ0) is 59.5. The number of hydrogen-bond donors (Lipinski definition) is 8. The lowest BCUT2D eigenvalue weighted by Crippen LogP contribution is -2.62. The van der Waals surface area contributed by atoms with Gasteiger partial charge in [-0.05, 0) is 101 Å². The maximum atomic E-state index is 15.0. The first-order chi connectivity index (χ1) is 37.8. The van der Waals surface area contributed by atoms with Gasteiger partial charge in [0, 0.05) is 40.5 Å². The average molecular weight is 1120 g/mol. The number of rotatable bonds is 14. The van der Waals surface area contributed by atoms with Crippen LogP contribution in [-0.2, 0) is 60.8 Å². The van der Waals surface area contributed by atoms with E-state index in [-0.39, 0.29) is 64.1 Å². The molecule has 10 N–H and O–H groups in total. The summed E-state index contributed by atoms with van der Waals surface area (Å²) >= 11 is 0. The monoisotopic (exact) mass is 1110 g/mol. The van der Waals surface area contributed by atoms with Crippen molar-refractivity contribution in [2.24, 2.45) is 29.2 Å². The molecule has 2 heterocycles. The summed E-state index contributed by atoms with van der Waals surface area (Å²) in [7, 11) is 4.28. The van der Waals surface area contributed by atoms with Crippen LogP contribution in [0.4, 0.5) is 0 Å². The van der Waals surface area contributed by atoms with Gasteiger partial charge in [0.15, 0.2) is 0 Å². The molecule has 0 aromatic heterocycles. The number of hydrogen-bond acceptors (Lipinski definition) is 12. The van der Waals surface area contributed by atoms with E-state index >= 15 is 0 Å². The van der Waals surface area contributed by atoms with Crippen LogP contribution >= 0.6 is 0 Å². The number of fused-ring (bicyclic) bond motifs is 1. The van der Waals surface area contributed by atoms with Gasteiger partial charge in [0.2, 0.25) is 59.1 Å². The molecule has 22 heteroatoms. The first-order valence-electron chi connectivity index (χ1n) is 28.2. The zero-order valence-corrected chi connectivity index (χ0v) is 48.8. The predicted octanol–water partition coefficient (Wildman–Crippen LogP) is 0.742. The van der Waals surface area contributed by atoms with Gasteiger partial charge >= 0.3 is 0 Å². The molecule has 0 saturated carbocycles. The fourth-order valence-corrected chi connectivity index (χ4v) is 9.97. The topological polar surface area (TPSA) is 308 Å². The summed E-state index contributed by atoms with van der Waals surface area (Å²) in [6.07, 6.45) is 1.60. The van der Waals surface area contributed by atoms with E-state index in [1.54, 1.807) is 70.2 Å². The number of benzene rings is 2. The normalized spacial score (nSPS) is 26.4. The molecule has 0 radical (unpaired) electrons. The molecule has 4 rings (SSSR count). The van der Waals surface area contributed by atoms with E-state index < -0.39 is 131 Å². The lowest BCUT2D eigenvalue weighted by molar-refractivity contribution is -0.151. The number of carbonyl (C=O) groups is 10. The number of nitrogens with two attached hydrogens (primary N) is 2. The zero-order valence-electron chi connectivity index (χ0n) is 48.8. The molecule has 442 valence electrons. The molecule has 2 aliphatic rings. The first kappa shape index (κ1) is 65.6. The molecular weight excluding hydrogens is 1020 g/mol. The quantitative estimate of drug-likeness (QED) is 0.130. The summed E-state index contributed by atoms with van der Waals surface area (Å²) < 4.78 is 0. The Balaban J connectivity index is 1.84. The number of nitrogens with zero attached hydrogens (tertiary/aromatic N) is 4. The van der Waals surface area contributed by atoms with E-state index in [4.69, 9.17) is 11.5 Å². The highest BCUT2D eigenvalue weighted by atomic mass is 16.2. The average Bonchev–Trinajstić information content (AvgIpc) is 3.94. The molecule has 2 saturated heterocycles. The Kier molecular flexibility index (Phi) is 25.5. The molecule has 2 fully saturated rings. The molecule has 80 heavy (non-hydrogen) atoms. The van der Waals surface area contributed by atoms with Crippen molar-refractivity contribution in [3.8, 4) is 0 Å². The number of amides is 10. The van der Waals surface area contributed by atoms with Crippen LogP contribution in [0.15, 0.2) is 60.7 Å². The summed E-state index contributed by atoms with van der Waals surface area (Å²) in [6, 6.07) is 6.05. The summed E-state index contributed by atoms with van der Waals surface area (Å²) in [5.41, 5.74) is 13.2. The second kappa shape index (κ2) is 31.2. The van der Waals surface area contributed by atoms with Crippen LogP contribution in [0.1, 0.15) is 111 Å². The molecule has 0 aliphatic carbocycles. The smallest absolute Gasteiger partial charge is 0.246 e. The Bertz CT molecular complexity index is 2440. The predicted molar refractivity (Wildman–Crippen MR) is 303 cm³/mol. The van der Waals surface area contributed by atoms with Crippen molar-refractivity contribution in [3.63, 3.8) is 0 Å². The Morgan fingerprint density at radius 1 is 0.487 bits per heavy atom. The summed E-state index contributed by atoms with van der Waals surface area (Å²) in [5.74, 6) is -7.74. The Labute approximate surface area is 472 Å². The van der Waals surface area contributed by atoms with Crippen molar-refractivity contribution in [2.75, 3.05) is 40.8 Å². The third kappa shape index (κ3) is 18.0. The highest BCUT2D eigenvalue weighted by Crippen LogP contribution is 2.24. The largest absolute Gasteiger partial charge is 0.343 e. The van der Waals surface area contributed by atoms with Gasteiger partial charge in [0.1, 0.15) is 60.4 Å².